The maximum atomic E-state index is 12.2. The van der Waals surface area contributed by atoms with Crippen molar-refractivity contribution in [3.05, 3.63) is 53.1 Å². The van der Waals surface area contributed by atoms with Crippen LogP contribution in [0.2, 0.25) is 0 Å². The zero-order valence-electron chi connectivity index (χ0n) is 16.2. The molecule has 0 fully saturated rings. The summed E-state index contributed by atoms with van der Waals surface area (Å²) in [6, 6.07) is 11.3. The van der Waals surface area contributed by atoms with E-state index in [-0.39, 0.29) is 18.2 Å². The van der Waals surface area contributed by atoms with Crippen LogP contribution in [0.1, 0.15) is 30.0 Å². The van der Waals surface area contributed by atoms with Crippen LogP contribution in [0.25, 0.3) is 0 Å². The van der Waals surface area contributed by atoms with E-state index < -0.39 is 0 Å². The van der Waals surface area contributed by atoms with Gasteiger partial charge in [0.15, 0.2) is 11.5 Å². The summed E-state index contributed by atoms with van der Waals surface area (Å²) in [7, 11) is 3.12. The number of benzene rings is 2. The topological polar surface area (TPSA) is 76.7 Å². The molecule has 2 aromatic carbocycles. The van der Waals surface area contributed by atoms with Crippen molar-refractivity contribution in [2.45, 2.75) is 33.2 Å². The monoisotopic (exact) mass is 370 g/mol. The van der Waals surface area contributed by atoms with Gasteiger partial charge in [-0.15, -0.1) is 0 Å². The van der Waals surface area contributed by atoms with Gasteiger partial charge in [-0.3, -0.25) is 9.59 Å². The molecule has 0 atom stereocenters. The van der Waals surface area contributed by atoms with E-state index >= 15 is 0 Å². The van der Waals surface area contributed by atoms with Crippen LogP contribution in [0.3, 0.4) is 0 Å². The van der Waals surface area contributed by atoms with Gasteiger partial charge in [0.05, 0.1) is 14.2 Å². The number of hydrogen-bond acceptors (Lipinski definition) is 4. The normalized spacial score (nSPS) is 10.2. The Morgan fingerprint density at radius 1 is 1.00 bits per heavy atom. The average Bonchev–Trinajstić information content (AvgIpc) is 2.67. The summed E-state index contributed by atoms with van der Waals surface area (Å²) in [4.78, 5) is 24.3. The van der Waals surface area contributed by atoms with Crippen molar-refractivity contribution in [2.24, 2.45) is 0 Å². The summed E-state index contributed by atoms with van der Waals surface area (Å²) in [5, 5.41) is 5.61. The van der Waals surface area contributed by atoms with Gasteiger partial charge in [-0.05, 0) is 42.2 Å². The lowest BCUT2D eigenvalue weighted by atomic mass is 10.1. The number of anilines is 1. The Morgan fingerprint density at radius 2 is 1.74 bits per heavy atom. The number of methoxy groups -OCH3 is 2. The lowest BCUT2D eigenvalue weighted by molar-refractivity contribution is -0.126. The number of rotatable bonds is 8. The lowest BCUT2D eigenvalue weighted by Crippen LogP contribution is -2.28. The highest BCUT2D eigenvalue weighted by Gasteiger charge is 2.13. The smallest absolute Gasteiger partial charge is 0.233 e. The Kier molecular flexibility index (Phi) is 7.23. The van der Waals surface area contributed by atoms with Gasteiger partial charge in [-0.1, -0.05) is 31.2 Å². The van der Waals surface area contributed by atoms with E-state index in [0.29, 0.717) is 18.0 Å². The molecule has 0 unspecified atom stereocenters. The Bertz CT molecular complexity index is 818. The molecule has 0 aliphatic rings. The number of carbonyl (C=O) groups excluding carboxylic acids is 2. The first-order chi connectivity index (χ1) is 13.0. The third-order valence-electron chi connectivity index (χ3n) is 4.26. The van der Waals surface area contributed by atoms with Crippen LogP contribution in [0.4, 0.5) is 5.69 Å². The van der Waals surface area contributed by atoms with Crippen LogP contribution in [0.5, 0.6) is 11.5 Å². The standard InChI is InChI=1S/C21H26N2O4/c1-5-16-8-6-7-14(2)21(16)23-20(25)12-19(24)22-13-15-9-10-17(26-3)18(11-15)27-4/h6-11H,5,12-13H2,1-4H3,(H,22,24)(H,23,25). The molecular weight excluding hydrogens is 344 g/mol. The Labute approximate surface area is 159 Å². The molecule has 0 spiro atoms. The van der Waals surface area contributed by atoms with Crippen molar-refractivity contribution in [3.63, 3.8) is 0 Å². The number of ether oxygens (including phenoxy) is 2. The van der Waals surface area contributed by atoms with Gasteiger partial charge in [-0.2, -0.15) is 0 Å². The molecule has 6 heteroatoms. The van der Waals surface area contributed by atoms with Crippen molar-refractivity contribution in [3.8, 4) is 11.5 Å². The van der Waals surface area contributed by atoms with Crippen molar-refractivity contribution >= 4 is 17.5 Å². The summed E-state index contributed by atoms with van der Waals surface area (Å²) in [5.74, 6) is 0.545. The van der Waals surface area contributed by atoms with Gasteiger partial charge in [0.25, 0.3) is 0 Å². The number of hydrogen-bond donors (Lipinski definition) is 2. The first kappa shape index (κ1) is 20.3. The van der Waals surface area contributed by atoms with E-state index in [2.05, 4.69) is 10.6 Å². The van der Waals surface area contributed by atoms with E-state index in [0.717, 1.165) is 28.8 Å². The molecule has 0 aliphatic heterocycles. The van der Waals surface area contributed by atoms with Crippen LogP contribution in [-0.2, 0) is 22.6 Å². The van der Waals surface area contributed by atoms with Crippen molar-refractivity contribution in [2.75, 3.05) is 19.5 Å². The van der Waals surface area contributed by atoms with Crippen LogP contribution in [-0.4, -0.2) is 26.0 Å². The summed E-state index contributed by atoms with van der Waals surface area (Å²) >= 11 is 0. The second kappa shape index (κ2) is 9.62. The zero-order chi connectivity index (χ0) is 19.8. The van der Waals surface area contributed by atoms with Gasteiger partial charge in [0.1, 0.15) is 6.42 Å². The maximum absolute atomic E-state index is 12.2. The Balaban J connectivity index is 1.92. The highest BCUT2D eigenvalue weighted by Crippen LogP contribution is 2.27. The van der Waals surface area contributed by atoms with E-state index in [1.165, 1.54) is 0 Å². The highest BCUT2D eigenvalue weighted by atomic mass is 16.5. The second-order valence-electron chi connectivity index (χ2n) is 6.15. The fourth-order valence-corrected chi connectivity index (χ4v) is 2.79. The molecule has 0 heterocycles. The summed E-state index contributed by atoms with van der Waals surface area (Å²) in [6.07, 6.45) is 0.577. The van der Waals surface area contributed by atoms with Crippen LogP contribution >= 0.6 is 0 Å². The number of amides is 2. The van der Waals surface area contributed by atoms with Crippen LogP contribution in [0, 0.1) is 6.92 Å². The Hall–Kier alpha value is -3.02. The van der Waals surface area contributed by atoms with Gasteiger partial charge in [0, 0.05) is 12.2 Å². The number of carbonyl (C=O) groups is 2. The molecule has 2 aromatic rings. The molecular formula is C21H26N2O4. The van der Waals surface area contributed by atoms with Crippen LogP contribution in [0.15, 0.2) is 36.4 Å². The van der Waals surface area contributed by atoms with E-state index in [4.69, 9.17) is 9.47 Å². The summed E-state index contributed by atoms with van der Waals surface area (Å²) < 4.78 is 10.4. The molecule has 27 heavy (non-hydrogen) atoms. The zero-order valence-corrected chi connectivity index (χ0v) is 16.2. The molecule has 0 bridgehead atoms. The number of para-hydroxylation sites is 1. The molecule has 0 saturated heterocycles. The largest absolute Gasteiger partial charge is 0.493 e. The number of nitrogens with one attached hydrogen (secondary N) is 2. The number of aryl methyl sites for hydroxylation is 2. The van der Waals surface area contributed by atoms with Crippen LogP contribution < -0.4 is 20.1 Å². The molecule has 2 amide bonds. The molecule has 6 nitrogen and oxygen atoms in total. The van der Waals surface area contributed by atoms with E-state index in [1.807, 2.05) is 38.1 Å². The highest BCUT2D eigenvalue weighted by molar-refractivity contribution is 6.04. The molecule has 144 valence electrons. The van der Waals surface area contributed by atoms with Crippen molar-refractivity contribution < 1.29 is 19.1 Å². The molecule has 0 aromatic heterocycles. The quantitative estimate of drug-likeness (QED) is 0.700. The minimum Gasteiger partial charge on any atom is -0.493 e. The SMILES string of the molecule is CCc1cccc(C)c1NC(=O)CC(=O)NCc1ccc(OC)c(OC)c1. The maximum Gasteiger partial charge on any atom is 0.233 e. The molecule has 2 N–H and O–H groups in total. The molecule has 0 aliphatic carbocycles. The van der Waals surface area contributed by atoms with Crippen molar-refractivity contribution in [1.29, 1.82) is 0 Å². The van der Waals surface area contributed by atoms with Gasteiger partial charge >= 0.3 is 0 Å². The average molecular weight is 370 g/mol. The van der Waals surface area contributed by atoms with E-state index in [1.54, 1.807) is 26.4 Å². The second-order valence-corrected chi connectivity index (χ2v) is 6.15. The summed E-state index contributed by atoms with van der Waals surface area (Å²) in [6.45, 7) is 4.27. The third kappa shape index (κ3) is 5.48. The summed E-state index contributed by atoms with van der Waals surface area (Å²) in [5.41, 5.74) is 3.67. The Morgan fingerprint density at radius 3 is 2.41 bits per heavy atom. The first-order valence-electron chi connectivity index (χ1n) is 8.84. The van der Waals surface area contributed by atoms with Crippen molar-refractivity contribution in [1.82, 2.24) is 5.32 Å². The van der Waals surface area contributed by atoms with Gasteiger partial charge < -0.3 is 20.1 Å². The minimum atomic E-state index is -0.339. The van der Waals surface area contributed by atoms with Gasteiger partial charge in [0.2, 0.25) is 11.8 Å². The van der Waals surface area contributed by atoms with Gasteiger partial charge in [-0.25, -0.2) is 0 Å². The fourth-order valence-electron chi connectivity index (χ4n) is 2.79. The predicted octanol–water partition coefficient (Wildman–Crippen LogP) is 3.22. The predicted molar refractivity (Wildman–Crippen MR) is 105 cm³/mol. The molecule has 2 rings (SSSR count). The first-order valence-corrected chi connectivity index (χ1v) is 8.84. The molecule has 0 radical (unpaired) electrons. The van der Waals surface area contributed by atoms with E-state index in [9.17, 15) is 9.59 Å². The fraction of sp³-hybridized carbons (Fsp3) is 0.333. The molecule has 0 saturated carbocycles. The minimum absolute atomic E-state index is 0.231. The lowest BCUT2D eigenvalue weighted by Gasteiger charge is -2.13. The third-order valence-corrected chi connectivity index (χ3v) is 4.26.